The van der Waals surface area contributed by atoms with E-state index < -0.39 is 0 Å². The molecule has 2 aromatic carbocycles. The molecular formula is C31H38N4O6. The maximum absolute atomic E-state index is 13.9. The molecule has 10 nitrogen and oxygen atoms in total. The van der Waals surface area contributed by atoms with Crippen molar-refractivity contribution >= 4 is 17.6 Å². The fraction of sp³-hybridized carbons (Fsp3) is 0.419. The second-order valence-corrected chi connectivity index (χ2v) is 10.4. The van der Waals surface area contributed by atoms with Crippen molar-refractivity contribution in [3.63, 3.8) is 0 Å². The van der Waals surface area contributed by atoms with Crippen LogP contribution in [0.1, 0.15) is 28.9 Å². The van der Waals surface area contributed by atoms with Gasteiger partial charge < -0.3 is 33.7 Å². The molecule has 0 unspecified atom stereocenters. The molecule has 3 heterocycles. The number of aryl methyl sites for hydroxylation is 2. The number of anilines is 1. The van der Waals surface area contributed by atoms with Gasteiger partial charge in [-0.25, -0.2) is 4.79 Å². The number of amides is 3. The molecule has 10 heteroatoms. The fourth-order valence-electron chi connectivity index (χ4n) is 5.11. The lowest BCUT2D eigenvalue weighted by Crippen LogP contribution is -2.45. The van der Waals surface area contributed by atoms with Gasteiger partial charge >= 0.3 is 6.03 Å². The van der Waals surface area contributed by atoms with Crippen LogP contribution in [-0.4, -0.2) is 79.4 Å². The van der Waals surface area contributed by atoms with Gasteiger partial charge in [-0.1, -0.05) is 24.3 Å². The van der Waals surface area contributed by atoms with Gasteiger partial charge in [0.25, 0.3) is 0 Å². The summed E-state index contributed by atoms with van der Waals surface area (Å²) in [7, 11) is 0. The van der Waals surface area contributed by atoms with E-state index in [1.54, 1.807) is 22.1 Å². The molecule has 0 atom stereocenters. The molecule has 2 aliphatic heterocycles. The molecule has 218 valence electrons. The van der Waals surface area contributed by atoms with Gasteiger partial charge in [-0.2, -0.15) is 0 Å². The van der Waals surface area contributed by atoms with E-state index in [2.05, 4.69) is 10.2 Å². The summed E-state index contributed by atoms with van der Waals surface area (Å²) in [6.45, 7) is 9.12. The second-order valence-electron chi connectivity index (χ2n) is 10.4. The number of morpholine rings is 1. The van der Waals surface area contributed by atoms with E-state index in [0.717, 1.165) is 61.6 Å². The van der Waals surface area contributed by atoms with Crippen molar-refractivity contribution in [2.45, 2.75) is 33.4 Å². The third-order valence-corrected chi connectivity index (χ3v) is 7.42. The third kappa shape index (κ3) is 7.59. The Morgan fingerprint density at radius 1 is 0.927 bits per heavy atom. The number of carbonyl (C=O) groups is 2. The summed E-state index contributed by atoms with van der Waals surface area (Å²) >= 11 is 0. The largest absolute Gasteiger partial charge is 0.467 e. The highest BCUT2D eigenvalue weighted by molar-refractivity contribution is 5.93. The Morgan fingerprint density at radius 2 is 1.71 bits per heavy atom. The van der Waals surface area contributed by atoms with E-state index in [1.165, 1.54) is 0 Å². The van der Waals surface area contributed by atoms with E-state index in [4.69, 9.17) is 18.6 Å². The number of hydrogen-bond acceptors (Lipinski definition) is 7. The topological polar surface area (TPSA) is 96.7 Å². The Morgan fingerprint density at radius 3 is 2.46 bits per heavy atom. The zero-order valence-electron chi connectivity index (χ0n) is 23.8. The third-order valence-electron chi connectivity index (χ3n) is 7.42. The Kier molecular flexibility index (Phi) is 9.43. The van der Waals surface area contributed by atoms with Crippen molar-refractivity contribution in [1.29, 1.82) is 0 Å². The molecular weight excluding hydrogens is 524 g/mol. The standard InChI is InChI=1S/C31H38N4O6/c1-23-6-3-7-24(2)30(23)32-31(37)34(12-5-11-33-13-16-38-17-14-33)21-29(36)35(20-26-8-4-15-39-26)19-25-9-10-27-28(18-25)41-22-40-27/h3-4,6-10,15,18H,5,11-14,16-17,19-22H2,1-2H3,(H,32,37). The van der Waals surface area contributed by atoms with E-state index in [0.29, 0.717) is 30.3 Å². The predicted octanol–water partition coefficient (Wildman–Crippen LogP) is 4.41. The summed E-state index contributed by atoms with van der Waals surface area (Å²) < 4.78 is 22.0. The number of benzene rings is 2. The van der Waals surface area contributed by atoms with Gasteiger partial charge in [0, 0.05) is 38.4 Å². The molecule has 0 aliphatic carbocycles. The lowest BCUT2D eigenvalue weighted by Gasteiger charge is -2.30. The average Bonchev–Trinajstić information content (AvgIpc) is 3.66. The molecule has 0 radical (unpaired) electrons. The molecule has 0 spiro atoms. The summed E-state index contributed by atoms with van der Waals surface area (Å²) in [5, 5.41) is 3.07. The predicted molar refractivity (Wildman–Crippen MR) is 154 cm³/mol. The van der Waals surface area contributed by atoms with E-state index in [9.17, 15) is 9.59 Å². The Labute approximate surface area is 240 Å². The smallest absolute Gasteiger partial charge is 0.322 e. The Bertz CT molecular complexity index is 1300. The lowest BCUT2D eigenvalue weighted by molar-refractivity contribution is -0.133. The molecule has 3 aromatic rings. The number of nitrogens with one attached hydrogen (secondary N) is 1. The molecule has 41 heavy (non-hydrogen) atoms. The van der Waals surface area contributed by atoms with Crippen LogP contribution in [0.5, 0.6) is 11.5 Å². The number of rotatable bonds is 11. The zero-order chi connectivity index (χ0) is 28.6. The SMILES string of the molecule is Cc1cccc(C)c1NC(=O)N(CCCN1CCOCC1)CC(=O)N(Cc1ccc2c(c1)OCO2)Cc1ccco1. The zero-order valence-corrected chi connectivity index (χ0v) is 23.8. The van der Waals surface area contributed by atoms with Crippen LogP contribution in [0.2, 0.25) is 0 Å². The monoisotopic (exact) mass is 562 g/mol. The number of hydrogen-bond donors (Lipinski definition) is 1. The normalized spacial score (nSPS) is 14.6. The quantitative estimate of drug-likeness (QED) is 0.370. The first-order valence-corrected chi connectivity index (χ1v) is 14.1. The van der Waals surface area contributed by atoms with Crippen molar-refractivity contribution in [1.82, 2.24) is 14.7 Å². The van der Waals surface area contributed by atoms with Crippen LogP contribution in [0, 0.1) is 13.8 Å². The van der Waals surface area contributed by atoms with Gasteiger partial charge in [-0.3, -0.25) is 9.69 Å². The van der Waals surface area contributed by atoms with Gasteiger partial charge in [-0.15, -0.1) is 0 Å². The van der Waals surface area contributed by atoms with Crippen LogP contribution >= 0.6 is 0 Å². The first-order valence-electron chi connectivity index (χ1n) is 14.1. The highest BCUT2D eigenvalue weighted by atomic mass is 16.7. The molecule has 2 aliphatic rings. The van der Waals surface area contributed by atoms with Crippen molar-refractivity contribution in [3.8, 4) is 11.5 Å². The van der Waals surface area contributed by atoms with Crippen LogP contribution < -0.4 is 14.8 Å². The minimum Gasteiger partial charge on any atom is -0.467 e. The average molecular weight is 563 g/mol. The van der Waals surface area contributed by atoms with Crippen LogP contribution in [0.15, 0.2) is 59.2 Å². The molecule has 0 saturated carbocycles. The van der Waals surface area contributed by atoms with Gasteiger partial charge in [0.2, 0.25) is 12.7 Å². The number of urea groups is 1. The number of carbonyl (C=O) groups excluding carboxylic acids is 2. The molecule has 1 fully saturated rings. The number of fused-ring (bicyclic) bond motifs is 1. The highest BCUT2D eigenvalue weighted by Crippen LogP contribution is 2.33. The number of ether oxygens (including phenoxy) is 3. The molecule has 1 aromatic heterocycles. The van der Waals surface area contributed by atoms with Crippen molar-refractivity contribution in [2.24, 2.45) is 0 Å². The number of nitrogens with zero attached hydrogens (tertiary/aromatic N) is 3. The molecule has 1 N–H and O–H groups in total. The fourth-order valence-corrected chi connectivity index (χ4v) is 5.11. The van der Waals surface area contributed by atoms with Crippen LogP contribution in [0.25, 0.3) is 0 Å². The Hall–Kier alpha value is -4.02. The summed E-state index contributed by atoms with van der Waals surface area (Å²) in [4.78, 5) is 33.1. The first-order chi connectivity index (χ1) is 20.0. The molecule has 0 bridgehead atoms. The summed E-state index contributed by atoms with van der Waals surface area (Å²) in [5.74, 6) is 1.83. The molecule has 1 saturated heterocycles. The molecule has 3 amide bonds. The van der Waals surface area contributed by atoms with Gasteiger partial charge in [0.05, 0.1) is 26.0 Å². The summed E-state index contributed by atoms with van der Waals surface area (Å²) in [6, 6.07) is 14.9. The van der Waals surface area contributed by atoms with Gasteiger partial charge in [0.15, 0.2) is 11.5 Å². The van der Waals surface area contributed by atoms with E-state index in [1.807, 2.05) is 56.3 Å². The minimum atomic E-state index is -0.293. The summed E-state index contributed by atoms with van der Waals surface area (Å²) in [6.07, 6.45) is 2.34. The maximum atomic E-state index is 13.9. The Balaban J connectivity index is 1.31. The summed E-state index contributed by atoms with van der Waals surface area (Å²) in [5.41, 5.74) is 3.62. The van der Waals surface area contributed by atoms with E-state index in [-0.39, 0.29) is 31.8 Å². The number of para-hydroxylation sites is 1. The van der Waals surface area contributed by atoms with Crippen molar-refractivity contribution < 1.29 is 28.2 Å². The minimum absolute atomic E-state index is 0.0644. The highest BCUT2D eigenvalue weighted by Gasteiger charge is 2.24. The van der Waals surface area contributed by atoms with E-state index >= 15 is 0 Å². The van der Waals surface area contributed by atoms with Crippen LogP contribution in [0.4, 0.5) is 10.5 Å². The second kappa shape index (κ2) is 13.6. The first kappa shape index (κ1) is 28.5. The van der Waals surface area contributed by atoms with Crippen molar-refractivity contribution in [2.75, 3.05) is 58.0 Å². The lowest BCUT2D eigenvalue weighted by atomic mass is 10.1. The molecule has 5 rings (SSSR count). The maximum Gasteiger partial charge on any atom is 0.322 e. The van der Waals surface area contributed by atoms with Gasteiger partial charge in [0.1, 0.15) is 12.3 Å². The van der Waals surface area contributed by atoms with Gasteiger partial charge in [-0.05, 0) is 61.2 Å². The number of furan rings is 1. The van der Waals surface area contributed by atoms with Crippen molar-refractivity contribution in [3.05, 3.63) is 77.2 Å². The van der Waals surface area contributed by atoms with Crippen LogP contribution in [0.3, 0.4) is 0 Å². The van der Waals surface area contributed by atoms with Crippen LogP contribution in [-0.2, 0) is 22.6 Å².